The van der Waals surface area contributed by atoms with Crippen LogP contribution in [0.25, 0.3) is 10.2 Å². The molecule has 16 heavy (non-hydrogen) atoms. The van der Waals surface area contributed by atoms with Crippen LogP contribution >= 0.6 is 11.3 Å². The van der Waals surface area contributed by atoms with Gasteiger partial charge < -0.3 is 11.1 Å². The third-order valence-corrected chi connectivity index (χ3v) is 3.69. The molecular formula is C12H17N3S. The van der Waals surface area contributed by atoms with Crippen molar-refractivity contribution in [3.8, 4) is 0 Å². The number of nitrogen functional groups attached to an aromatic ring is 1. The lowest BCUT2D eigenvalue weighted by atomic mass is 10.1. The Hall–Kier alpha value is -1.29. The Labute approximate surface area is 99.7 Å². The summed E-state index contributed by atoms with van der Waals surface area (Å²) >= 11 is 1.66. The first-order valence-electron chi connectivity index (χ1n) is 5.59. The van der Waals surface area contributed by atoms with Crippen LogP contribution in [0.5, 0.6) is 0 Å². The Kier molecular flexibility index (Phi) is 3.29. The molecule has 2 rings (SSSR count). The molecule has 1 aromatic carbocycles. The molecule has 1 heterocycles. The second-order valence-electron chi connectivity index (χ2n) is 4.14. The van der Waals surface area contributed by atoms with Crippen molar-refractivity contribution < 1.29 is 0 Å². The molecule has 4 heteroatoms. The van der Waals surface area contributed by atoms with E-state index in [-0.39, 0.29) is 0 Å². The van der Waals surface area contributed by atoms with Gasteiger partial charge in [-0.1, -0.05) is 31.6 Å². The third kappa shape index (κ3) is 2.44. The molecule has 0 amide bonds. The van der Waals surface area contributed by atoms with Gasteiger partial charge in [0.15, 0.2) is 5.13 Å². The SMILES string of the molecule is CCC(C)CNc1nc2ccc(N)cc2s1. The number of nitrogens with one attached hydrogen (secondary N) is 1. The smallest absolute Gasteiger partial charge is 0.183 e. The summed E-state index contributed by atoms with van der Waals surface area (Å²) in [6, 6.07) is 5.83. The van der Waals surface area contributed by atoms with Crippen LogP contribution in [0, 0.1) is 5.92 Å². The lowest BCUT2D eigenvalue weighted by Gasteiger charge is -2.07. The highest BCUT2D eigenvalue weighted by atomic mass is 32.1. The monoisotopic (exact) mass is 235 g/mol. The average Bonchev–Trinajstić information content (AvgIpc) is 2.67. The topological polar surface area (TPSA) is 50.9 Å². The molecule has 0 aliphatic carbocycles. The Balaban J connectivity index is 2.13. The van der Waals surface area contributed by atoms with E-state index in [1.807, 2.05) is 18.2 Å². The van der Waals surface area contributed by atoms with Gasteiger partial charge in [0, 0.05) is 12.2 Å². The molecule has 0 radical (unpaired) electrons. The highest BCUT2D eigenvalue weighted by Gasteiger charge is 2.04. The lowest BCUT2D eigenvalue weighted by Crippen LogP contribution is -2.09. The van der Waals surface area contributed by atoms with Crippen LogP contribution in [0.1, 0.15) is 20.3 Å². The largest absolute Gasteiger partial charge is 0.399 e. The summed E-state index contributed by atoms with van der Waals surface area (Å²) in [6.45, 7) is 5.41. The van der Waals surface area contributed by atoms with E-state index < -0.39 is 0 Å². The number of aromatic nitrogens is 1. The number of fused-ring (bicyclic) bond motifs is 1. The van der Waals surface area contributed by atoms with Gasteiger partial charge in [0.1, 0.15) is 0 Å². The summed E-state index contributed by atoms with van der Waals surface area (Å²) in [5.41, 5.74) is 7.55. The summed E-state index contributed by atoms with van der Waals surface area (Å²) in [6.07, 6.45) is 1.19. The van der Waals surface area contributed by atoms with Crippen LogP contribution in [-0.4, -0.2) is 11.5 Å². The van der Waals surface area contributed by atoms with Crippen molar-refractivity contribution in [2.45, 2.75) is 20.3 Å². The minimum atomic E-state index is 0.678. The number of nitrogens with zero attached hydrogens (tertiary/aromatic N) is 1. The van der Waals surface area contributed by atoms with Gasteiger partial charge in [0.05, 0.1) is 10.2 Å². The highest BCUT2D eigenvalue weighted by molar-refractivity contribution is 7.22. The van der Waals surface area contributed by atoms with Gasteiger partial charge in [0.25, 0.3) is 0 Å². The molecule has 0 bridgehead atoms. The molecule has 0 aliphatic heterocycles. The molecule has 3 N–H and O–H groups in total. The second-order valence-corrected chi connectivity index (χ2v) is 5.17. The number of hydrogen-bond acceptors (Lipinski definition) is 4. The van der Waals surface area contributed by atoms with E-state index in [1.54, 1.807) is 11.3 Å². The third-order valence-electron chi connectivity index (χ3n) is 2.71. The first-order chi connectivity index (χ1) is 7.69. The minimum Gasteiger partial charge on any atom is -0.399 e. The van der Waals surface area contributed by atoms with Crippen LogP contribution < -0.4 is 11.1 Å². The zero-order chi connectivity index (χ0) is 11.5. The van der Waals surface area contributed by atoms with E-state index in [1.165, 1.54) is 6.42 Å². The van der Waals surface area contributed by atoms with Crippen molar-refractivity contribution in [1.82, 2.24) is 4.98 Å². The second kappa shape index (κ2) is 4.70. The summed E-state index contributed by atoms with van der Waals surface area (Å²) in [7, 11) is 0. The molecule has 0 aliphatic rings. The van der Waals surface area contributed by atoms with Gasteiger partial charge in [-0.25, -0.2) is 4.98 Å². The summed E-state index contributed by atoms with van der Waals surface area (Å²) in [5.74, 6) is 0.678. The van der Waals surface area contributed by atoms with Crippen LogP contribution in [0.3, 0.4) is 0 Å². The quantitative estimate of drug-likeness (QED) is 0.799. The van der Waals surface area contributed by atoms with E-state index in [0.717, 1.165) is 27.6 Å². The van der Waals surface area contributed by atoms with Gasteiger partial charge in [0.2, 0.25) is 0 Å². The number of rotatable bonds is 4. The number of anilines is 2. The van der Waals surface area contributed by atoms with E-state index in [9.17, 15) is 0 Å². The molecule has 0 saturated carbocycles. The van der Waals surface area contributed by atoms with Crippen LogP contribution in [0.4, 0.5) is 10.8 Å². The Morgan fingerprint density at radius 2 is 2.31 bits per heavy atom. The van der Waals surface area contributed by atoms with Gasteiger partial charge in [-0.05, 0) is 24.1 Å². The molecule has 3 nitrogen and oxygen atoms in total. The van der Waals surface area contributed by atoms with Crippen molar-refractivity contribution in [3.63, 3.8) is 0 Å². The van der Waals surface area contributed by atoms with Crippen molar-refractivity contribution in [2.24, 2.45) is 5.92 Å². The zero-order valence-electron chi connectivity index (χ0n) is 9.66. The molecule has 1 atom stereocenters. The molecule has 86 valence electrons. The normalized spacial score (nSPS) is 12.9. The zero-order valence-corrected chi connectivity index (χ0v) is 10.5. The van der Waals surface area contributed by atoms with Gasteiger partial charge in [-0.2, -0.15) is 0 Å². The first-order valence-corrected chi connectivity index (χ1v) is 6.40. The number of thiazole rings is 1. The predicted octanol–water partition coefficient (Wildman–Crippen LogP) is 3.34. The lowest BCUT2D eigenvalue weighted by molar-refractivity contribution is 0.593. The Morgan fingerprint density at radius 1 is 1.50 bits per heavy atom. The number of nitrogens with two attached hydrogens (primary N) is 1. The minimum absolute atomic E-state index is 0.678. The maximum absolute atomic E-state index is 5.74. The molecule has 2 aromatic rings. The summed E-state index contributed by atoms with van der Waals surface area (Å²) < 4.78 is 1.15. The molecular weight excluding hydrogens is 218 g/mol. The fourth-order valence-electron chi connectivity index (χ4n) is 1.42. The molecule has 1 unspecified atom stereocenters. The van der Waals surface area contributed by atoms with Gasteiger partial charge >= 0.3 is 0 Å². The molecule has 0 saturated heterocycles. The van der Waals surface area contributed by atoms with E-state index in [0.29, 0.717) is 5.92 Å². The number of hydrogen-bond donors (Lipinski definition) is 2. The Bertz CT molecular complexity index is 478. The van der Waals surface area contributed by atoms with Crippen molar-refractivity contribution >= 4 is 32.4 Å². The maximum atomic E-state index is 5.74. The average molecular weight is 235 g/mol. The van der Waals surface area contributed by atoms with Gasteiger partial charge in [-0.3, -0.25) is 0 Å². The standard InChI is InChI=1S/C12H17N3S/c1-3-8(2)7-14-12-15-10-5-4-9(13)6-11(10)16-12/h4-6,8H,3,7,13H2,1-2H3,(H,14,15). The summed E-state index contributed by atoms with van der Waals surface area (Å²) in [4.78, 5) is 4.51. The van der Waals surface area contributed by atoms with Gasteiger partial charge in [-0.15, -0.1) is 0 Å². The fourth-order valence-corrected chi connectivity index (χ4v) is 2.34. The Morgan fingerprint density at radius 3 is 3.06 bits per heavy atom. The molecule has 0 fully saturated rings. The molecule has 0 spiro atoms. The maximum Gasteiger partial charge on any atom is 0.183 e. The summed E-state index contributed by atoms with van der Waals surface area (Å²) in [5, 5.41) is 4.36. The number of benzene rings is 1. The van der Waals surface area contributed by atoms with Crippen molar-refractivity contribution in [1.29, 1.82) is 0 Å². The highest BCUT2D eigenvalue weighted by Crippen LogP contribution is 2.27. The molecule has 1 aromatic heterocycles. The van der Waals surface area contributed by atoms with Crippen molar-refractivity contribution in [2.75, 3.05) is 17.6 Å². The van der Waals surface area contributed by atoms with E-state index >= 15 is 0 Å². The van der Waals surface area contributed by atoms with Crippen molar-refractivity contribution in [3.05, 3.63) is 18.2 Å². The fraction of sp³-hybridized carbons (Fsp3) is 0.417. The van der Waals surface area contributed by atoms with Crippen LogP contribution in [-0.2, 0) is 0 Å². The van der Waals surface area contributed by atoms with E-state index in [4.69, 9.17) is 5.73 Å². The predicted molar refractivity (Wildman–Crippen MR) is 72.0 cm³/mol. The van der Waals surface area contributed by atoms with Crippen LogP contribution in [0.2, 0.25) is 0 Å². The van der Waals surface area contributed by atoms with Crippen LogP contribution in [0.15, 0.2) is 18.2 Å². The van der Waals surface area contributed by atoms with E-state index in [2.05, 4.69) is 24.1 Å². The first kappa shape index (κ1) is 11.2.